The first-order chi connectivity index (χ1) is 8.52. The second-order valence-electron chi connectivity index (χ2n) is 4.02. The summed E-state index contributed by atoms with van der Waals surface area (Å²) < 4.78 is 2.51. The van der Waals surface area contributed by atoms with Crippen molar-refractivity contribution in [2.45, 2.75) is 32.9 Å². The van der Waals surface area contributed by atoms with E-state index in [1.54, 1.807) is 6.07 Å². The number of hydrogen-bond acceptors (Lipinski definition) is 3. The van der Waals surface area contributed by atoms with Gasteiger partial charge in [-0.1, -0.05) is 23.2 Å². The summed E-state index contributed by atoms with van der Waals surface area (Å²) in [7, 11) is 0. The lowest BCUT2D eigenvalue weighted by molar-refractivity contribution is 0.179. The van der Waals surface area contributed by atoms with Gasteiger partial charge in [0.1, 0.15) is 0 Å². The molecular formula is C12H14Cl2N2OS. The summed E-state index contributed by atoms with van der Waals surface area (Å²) in [5, 5.41) is 15.2. The number of nitrogens with zero attached hydrogens (tertiary/aromatic N) is 2. The van der Waals surface area contributed by atoms with E-state index in [1.807, 2.05) is 24.6 Å². The molecule has 0 aliphatic heterocycles. The summed E-state index contributed by atoms with van der Waals surface area (Å²) in [4.78, 5) is 0.845. The van der Waals surface area contributed by atoms with E-state index in [9.17, 15) is 5.11 Å². The maximum atomic E-state index is 10.2. The Balaban J connectivity index is 2.23. The van der Waals surface area contributed by atoms with Crippen molar-refractivity contribution in [1.29, 1.82) is 0 Å². The third kappa shape index (κ3) is 2.72. The van der Waals surface area contributed by atoms with Gasteiger partial charge in [0.05, 0.1) is 26.9 Å². The number of thiophene rings is 1. The number of aromatic nitrogens is 2. The van der Waals surface area contributed by atoms with Crippen LogP contribution in [0.15, 0.2) is 12.1 Å². The lowest BCUT2D eigenvalue weighted by Crippen LogP contribution is -2.08. The Morgan fingerprint density at radius 1 is 1.44 bits per heavy atom. The highest BCUT2D eigenvalue weighted by Gasteiger charge is 2.18. The van der Waals surface area contributed by atoms with Crippen LogP contribution in [0.25, 0.3) is 0 Å². The third-order valence-electron chi connectivity index (χ3n) is 2.76. The van der Waals surface area contributed by atoms with E-state index in [-0.39, 0.29) is 0 Å². The van der Waals surface area contributed by atoms with Gasteiger partial charge >= 0.3 is 0 Å². The minimum atomic E-state index is -0.596. The topological polar surface area (TPSA) is 38.0 Å². The lowest BCUT2D eigenvalue weighted by Gasteiger charge is -2.10. The highest BCUT2D eigenvalue weighted by Crippen LogP contribution is 2.31. The standard InChI is InChI=1S/C12H14Cl2N2OS/c1-3-16-8(12(14)7(2)15-16)6-9(17)10-4-5-11(13)18-10/h4-5,9,17H,3,6H2,1-2H3. The zero-order valence-corrected chi connectivity index (χ0v) is 12.5. The van der Waals surface area contributed by atoms with Crippen LogP contribution in [-0.2, 0) is 13.0 Å². The highest BCUT2D eigenvalue weighted by molar-refractivity contribution is 7.16. The van der Waals surface area contributed by atoms with Crippen LogP contribution in [0.1, 0.15) is 29.3 Å². The molecule has 0 radical (unpaired) electrons. The molecule has 3 nitrogen and oxygen atoms in total. The number of halogens is 2. The van der Waals surface area contributed by atoms with E-state index < -0.39 is 6.10 Å². The number of aliphatic hydroxyl groups is 1. The van der Waals surface area contributed by atoms with Gasteiger partial charge in [-0.05, 0) is 26.0 Å². The van der Waals surface area contributed by atoms with Gasteiger partial charge in [0.2, 0.25) is 0 Å². The molecular weight excluding hydrogens is 291 g/mol. The molecule has 0 aromatic carbocycles. The van der Waals surface area contributed by atoms with E-state index in [4.69, 9.17) is 23.2 Å². The van der Waals surface area contributed by atoms with Crippen molar-refractivity contribution in [3.63, 3.8) is 0 Å². The highest BCUT2D eigenvalue weighted by atomic mass is 35.5. The Morgan fingerprint density at radius 3 is 2.72 bits per heavy atom. The molecule has 1 N–H and O–H groups in total. The fourth-order valence-electron chi connectivity index (χ4n) is 1.86. The van der Waals surface area contributed by atoms with Crippen molar-refractivity contribution < 1.29 is 5.11 Å². The Morgan fingerprint density at radius 2 is 2.17 bits per heavy atom. The molecule has 1 atom stereocenters. The molecule has 0 bridgehead atoms. The first kappa shape index (κ1) is 13.9. The molecule has 1 unspecified atom stereocenters. The van der Waals surface area contributed by atoms with Gasteiger partial charge in [-0.15, -0.1) is 11.3 Å². The second kappa shape index (κ2) is 5.61. The summed E-state index contributed by atoms with van der Waals surface area (Å²) in [6.07, 6.45) is -0.147. The van der Waals surface area contributed by atoms with Crippen LogP contribution >= 0.6 is 34.5 Å². The van der Waals surface area contributed by atoms with E-state index >= 15 is 0 Å². The molecule has 2 heterocycles. The normalized spacial score (nSPS) is 12.9. The summed E-state index contributed by atoms with van der Waals surface area (Å²) in [5.41, 5.74) is 1.67. The maximum Gasteiger partial charge on any atom is 0.0938 e. The Bertz CT molecular complexity index is 550. The zero-order chi connectivity index (χ0) is 13.3. The molecule has 6 heteroatoms. The average Bonchev–Trinajstić information content (AvgIpc) is 2.88. The molecule has 2 aromatic heterocycles. The summed E-state index contributed by atoms with van der Waals surface area (Å²) >= 11 is 13.5. The van der Waals surface area contributed by atoms with Gasteiger partial charge in [0.25, 0.3) is 0 Å². The Labute approximate surface area is 120 Å². The van der Waals surface area contributed by atoms with Gasteiger partial charge in [-0.2, -0.15) is 5.10 Å². The van der Waals surface area contributed by atoms with Crippen LogP contribution in [-0.4, -0.2) is 14.9 Å². The van der Waals surface area contributed by atoms with Gasteiger partial charge in [0, 0.05) is 17.8 Å². The maximum absolute atomic E-state index is 10.2. The quantitative estimate of drug-likeness (QED) is 0.931. The van der Waals surface area contributed by atoms with Crippen molar-refractivity contribution in [3.05, 3.63) is 37.8 Å². The van der Waals surface area contributed by atoms with Crippen molar-refractivity contribution in [2.75, 3.05) is 0 Å². The molecule has 0 spiro atoms. The molecule has 0 saturated carbocycles. The number of aryl methyl sites for hydroxylation is 2. The van der Waals surface area contributed by atoms with E-state index in [1.165, 1.54) is 11.3 Å². The van der Waals surface area contributed by atoms with Crippen LogP contribution in [0.2, 0.25) is 9.36 Å². The van der Waals surface area contributed by atoms with Gasteiger partial charge in [0.15, 0.2) is 0 Å². The second-order valence-corrected chi connectivity index (χ2v) is 6.15. The van der Waals surface area contributed by atoms with Gasteiger partial charge in [-0.3, -0.25) is 4.68 Å². The smallest absolute Gasteiger partial charge is 0.0938 e. The molecule has 2 aromatic rings. The van der Waals surface area contributed by atoms with E-state index in [0.29, 0.717) is 15.8 Å². The third-order valence-corrected chi connectivity index (χ3v) is 4.59. The fourth-order valence-corrected chi connectivity index (χ4v) is 3.11. The fraction of sp³-hybridized carbons (Fsp3) is 0.417. The molecule has 98 valence electrons. The largest absolute Gasteiger partial charge is 0.387 e. The minimum Gasteiger partial charge on any atom is -0.387 e. The summed E-state index contributed by atoms with van der Waals surface area (Å²) in [5.74, 6) is 0. The first-order valence-electron chi connectivity index (χ1n) is 5.68. The Hall–Kier alpha value is -0.550. The molecule has 0 fully saturated rings. The Kier molecular flexibility index (Phi) is 4.33. The average molecular weight is 305 g/mol. The zero-order valence-electron chi connectivity index (χ0n) is 10.2. The predicted octanol–water partition coefficient (Wildman–Crippen LogP) is 3.86. The van der Waals surface area contributed by atoms with Crippen molar-refractivity contribution in [1.82, 2.24) is 9.78 Å². The monoisotopic (exact) mass is 304 g/mol. The van der Waals surface area contributed by atoms with E-state index in [0.717, 1.165) is 22.8 Å². The van der Waals surface area contributed by atoms with Crippen LogP contribution in [0.5, 0.6) is 0 Å². The first-order valence-corrected chi connectivity index (χ1v) is 7.25. The number of aliphatic hydroxyl groups excluding tert-OH is 1. The molecule has 0 aliphatic carbocycles. The van der Waals surface area contributed by atoms with E-state index in [2.05, 4.69) is 5.10 Å². The van der Waals surface area contributed by atoms with Crippen molar-refractivity contribution in [3.8, 4) is 0 Å². The van der Waals surface area contributed by atoms with Crippen LogP contribution in [0, 0.1) is 6.92 Å². The SMILES string of the molecule is CCn1nc(C)c(Cl)c1CC(O)c1ccc(Cl)s1. The molecule has 2 rings (SSSR count). The molecule has 0 amide bonds. The van der Waals surface area contributed by atoms with Crippen LogP contribution in [0.4, 0.5) is 0 Å². The van der Waals surface area contributed by atoms with Crippen molar-refractivity contribution >= 4 is 34.5 Å². The van der Waals surface area contributed by atoms with Gasteiger partial charge in [-0.25, -0.2) is 0 Å². The summed E-state index contributed by atoms with van der Waals surface area (Å²) in [6.45, 7) is 4.61. The van der Waals surface area contributed by atoms with Crippen LogP contribution in [0.3, 0.4) is 0 Å². The molecule has 0 aliphatic rings. The lowest BCUT2D eigenvalue weighted by atomic mass is 10.1. The molecule has 18 heavy (non-hydrogen) atoms. The minimum absolute atomic E-state index is 0.449. The van der Waals surface area contributed by atoms with Crippen molar-refractivity contribution in [2.24, 2.45) is 0 Å². The van der Waals surface area contributed by atoms with Gasteiger partial charge < -0.3 is 5.11 Å². The molecule has 0 saturated heterocycles. The number of hydrogen-bond donors (Lipinski definition) is 1. The summed E-state index contributed by atoms with van der Waals surface area (Å²) in [6, 6.07) is 3.62. The number of rotatable bonds is 4. The van der Waals surface area contributed by atoms with Crippen LogP contribution < -0.4 is 0 Å². The predicted molar refractivity (Wildman–Crippen MR) is 75.6 cm³/mol.